The SMILES string of the molecule is CCS(=O)(=O)c1ccccc1NCCC1CCCNC1. The van der Waals surface area contributed by atoms with Gasteiger partial charge >= 0.3 is 0 Å². The van der Waals surface area contributed by atoms with Crippen molar-refractivity contribution in [3.8, 4) is 0 Å². The van der Waals surface area contributed by atoms with Crippen LogP contribution >= 0.6 is 0 Å². The topological polar surface area (TPSA) is 58.2 Å². The van der Waals surface area contributed by atoms with Crippen molar-refractivity contribution in [2.45, 2.75) is 31.1 Å². The summed E-state index contributed by atoms with van der Waals surface area (Å²) in [6, 6.07) is 7.18. The zero-order chi connectivity index (χ0) is 14.4. The van der Waals surface area contributed by atoms with Crippen LogP contribution < -0.4 is 10.6 Å². The normalized spacial score (nSPS) is 19.8. The van der Waals surface area contributed by atoms with E-state index in [9.17, 15) is 8.42 Å². The van der Waals surface area contributed by atoms with Gasteiger partial charge in [0.15, 0.2) is 9.84 Å². The first-order valence-corrected chi connectivity index (χ1v) is 9.05. The second-order valence-electron chi connectivity index (χ2n) is 5.33. The van der Waals surface area contributed by atoms with Gasteiger partial charge in [-0.1, -0.05) is 19.1 Å². The molecule has 0 saturated carbocycles. The van der Waals surface area contributed by atoms with E-state index in [4.69, 9.17) is 0 Å². The number of rotatable bonds is 6. The molecule has 1 aromatic carbocycles. The molecule has 0 spiro atoms. The fraction of sp³-hybridized carbons (Fsp3) is 0.600. The molecule has 1 aromatic rings. The summed E-state index contributed by atoms with van der Waals surface area (Å²) in [7, 11) is -3.16. The second kappa shape index (κ2) is 7.09. The van der Waals surface area contributed by atoms with Crippen molar-refractivity contribution in [3.05, 3.63) is 24.3 Å². The van der Waals surface area contributed by atoms with E-state index < -0.39 is 9.84 Å². The predicted molar refractivity (Wildman–Crippen MR) is 82.9 cm³/mol. The number of benzene rings is 1. The third kappa shape index (κ3) is 3.96. The van der Waals surface area contributed by atoms with Gasteiger partial charge in [-0.05, 0) is 50.4 Å². The molecule has 0 aromatic heterocycles. The van der Waals surface area contributed by atoms with E-state index in [-0.39, 0.29) is 5.75 Å². The molecule has 0 radical (unpaired) electrons. The van der Waals surface area contributed by atoms with E-state index >= 15 is 0 Å². The molecular formula is C15H24N2O2S. The summed E-state index contributed by atoms with van der Waals surface area (Å²) in [5, 5.41) is 6.70. The highest BCUT2D eigenvalue weighted by molar-refractivity contribution is 7.91. The van der Waals surface area contributed by atoms with E-state index in [1.54, 1.807) is 19.1 Å². The van der Waals surface area contributed by atoms with Crippen molar-refractivity contribution in [1.29, 1.82) is 0 Å². The molecule has 1 saturated heterocycles. The minimum Gasteiger partial charge on any atom is -0.384 e. The quantitative estimate of drug-likeness (QED) is 0.845. The minimum absolute atomic E-state index is 0.137. The number of hydrogen-bond acceptors (Lipinski definition) is 4. The summed E-state index contributed by atoms with van der Waals surface area (Å²) in [4.78, 5) is 0.421. The summed E-state index contributed by atoms with van der Waals surface area (Å²) < 4.78 is 24.1. The van der Waals surface area contributed by atoms with Gasteiger partial charge in [-0.3, -0.25) is 0 Å². The maximum atomic E-state index is 12.0. The van der Waals surface area contributed by atoms with Crippen LogP contribution in [-0.4, -0.2) is 33.8 Å². The van der Waals surface area contributed by atoms with E-state index in [1.807, 2.05) is 12.1 Å². The standard InChI is InChI=1S/C15H24N2O2S/c1-2-20(18,19)15-8-4-3-7-14(15)17-11-9-13-6-5-10-16-12-13/h3-4,7-8,13,16-17H,2,5-6,9-12H2,1H3. The highest BCUT2D eigenvalue weighted by Crippen LogP contribution is 2.22. The molecule has 1 heterocycles. The zero-order valence-electron chi connectivity index (χ0n) is 12.1. The van der Waals surface area contributed by atoms with E-state index in [0.717, 1.165) is 31.7 Å². The molecule has 1 atom stereocenters. The first-order valence-electron chi connectivity index (χ1n) is 7.40. The van der Waals surface area contributed by atoms with Crippen LogP contribution in [0.25, 0.3) is 0 Å². The van der Waals surface area contributed by atoms with Crippen LogP contribution in [0.5, 0.6) is 0 Å². The number of sulfone groups is 1. The van der Waals surface area contributed by atoms with Crippen molar-refractivity contribution in [3.63, 3.8) is 0 Å². The first kappa shape index (κ1) is 15.3. The van der Waals surface area contributed by atoms with Crippen molar-refractivity contribution in [2.24, 2.45) is 5.92 Å². The first-order chi connectivity index (χ1) is 9.63. The van der Waals surface area contributed by atoms with Gasteiger partial charge in [0.1, 0.15) is 0 Å². The van der Waals surface area contributed by atoms with Gasteiger partial charge in [-0.25, -0.2) is 8.42 Å². The Hall–Kier alpha value is -1.07. The summed E-state index contributed by atoms with van der Waals surface area (Å²) in [5.41, 5.74) is 0.734. The molecule has 2 N–H and O–H groups in total. The van der Waals surface area contributed by atoms with Crippen LogP contribution in [0.15, 0.2) is 29.2 Å². The fourth-order valence-corrected chi connectivity index (χ4v) is 3.69. The van der Waals surface area contributed by atoms with Crippen molar-refractivity contribution in [1.82, 2.24) is 5.32 Å². The Morgan fingerprint density at radius 3 is 2.85 bits per heavy atom. The third-order valence-electron chi connectivity index (χ3n) is 3.87. The van der Waals surface area contributed by atoms with Gasteiger partial charge in [0, 0.05) is 6.54 Å². The molecule has 112 valence electrons. The summed E-state index contributed by atoms with van der Waals surface area (Å²) >= 11 is 0. The molecule has 1 aliphatic rings. The van der Waals surface area contributed by atoms with Crippen molar-refractivity contribution >= 4 is 15.5 Å². The molecular weight excluding hydrogens is 272 g/mol. The molecule has 5 heteroatoms. The molecule has 2 rings (SSSR count). The lowest BCUT2D eigenvalue weighted by atomic mass is 9.96. The Balaban J connectivity index is 1.95. The van der Waals surface area contributed by atoms with Crippen LogP contribution in [0.2, 0.25) is 0 Å². The Bertz CT molecular complexity index is 522. The molecule has 4 nitrogen and oxygen atoms in total. The van der Waals surface area contributed by atoms with E-state index in [2.05, 4.69) is 10.6 Å². The van der Waals surface area contributed by atoms with Crippen LogP contribution in [0.3, 0.4) is 0 Å². The zero-order valence-corrected chi connectivity index (χ0v) is 12.9. The fourth-order valence-electron chi connectivity index (χ4n) is 2.62. The molecule has 0 bridgehead atoms. The van der Waals surface area contributed by atoms with Gasteiger partial charge in [0.25, 0.3) is 0 Å². The summed E-state index contributed by atoms with van der Waals surface area (Å²) in [6.07, 6.45) is 3.59. The number of nitrogens with one attached hydrogen (secondary N) is 2. The molecule has 1 unspecified atom stereocenters. The minimum atomic E-state index is -3.16. The molecule has 20 heavy (non-hydrogen) atoms. The van der Waals surface area contributed by atoms with Crippen LogP contribution in [-0.2, 0) is 9.84 Å². The summed E-state index contributed by atoms with van der Waals surface area (Å²) in [6.45, 7) is 4.71. The number of anilines is 1. The predicted octanol–water partition coefficient (Wildman–Crippen LogP) is 2.28. The average Bonchev–Trinajstić information content (AvgIpc) is 2.49. The van der Waals surface area contributed by atoms with Crippen LogP contribution in [0.1, 0.15) is 26.2 Å². The number of hydrogen-bond donors (Lipinski definition) is 2. The van der Waals surface area contributed by atoms with Gasteiger partial charge < -0.3 is 10.6 Å². The highest BCUT2D eigenvalue weighted by atomic mass is 32.2. The largest absolute Gasteiger partial charge is 0.384 e. The summed E-state index contributed by atoms with van der Waals surface area (Å²) in [5.74, 6) is 0.837. The molecule has 1 aliphatic heterocycles. The van der Waals surface area contributed by atoms with Gasteiger partial charge in [0.05, 0.1) is 16.3 Å². The lowest BCUT2D eigenvalue weighted by molar-refractivity contribution is 0.364. The number of piperidine rings is 1. The second-order valence-corrected chi connectivity index (χ2v) is 7.57. The Morgan fingerprint density at radius 2 is 2.15 bits per heavy atom. The van der Waals surface area contributed by atoms with Crippen LogP contribution in [0, 0.1) is 5.92 Å². The van der Waals surface area contributed by atoms with Gasteiger partial charge in [-0.2, -0.15) is 0 Å². The van der Waals surface area contributed by atoms with Crippen LogP contribution in [0.4, 0.5) is 5.69 Å². The van der Waals surface area contributed by atoms with E-state index in [1.165, 1.54) is 12.8 Å². The van der Waals surface area contributed by atoms with E-state index in [0.29, 0.717) is 10.8 Å². The molecule has 0 aliphatic carbocycles. The smallest absolute Gasteiger partial charge is 0.180 e. The average molecular weight is 296 g/mol. The monoisotopic (exact) mass is 296 g/mol. The number of para-hydroxylation sites is 1. The lowest BCUT2D eigenvalue weighted by Gasteiger charge is -2.23. The van der Waals surface area contributed by atoms with Gasteiger partial charge in [-0.15, -0.1) is 0 Å². The maximum absolute atomic E-state index is 12.0. The highest BCUT2D eigenvalue weighted by Gasteiger charge is 2.16. The van der Waals surface area contributed by atoms with Crippen molar-refractivity contribution < 1.29 is 8.42 Å². The van der Waals surface area contributed by atoms with Crippen molar-refractivity contribution in [2.75, 3.05) is 30.7 Å². The Labute approximate surface area is 121 Å². The molecule has 1 fully saturated rings. The Kier molecular flexibility index (Phi) is 5.43. The van der Waals surface area contributed by atoms with Gasteiger partial charge in [0.2, 0.25) is 0 Å². The maximum Gasteiger partial charge on any atom is 0.180 e. The lowest BCUT2D eigenvalue weighted by Crippen LogP contribution is -2.30. The molecule has 0 amide bonds. The Morgan fingerprint density at radius 1 is 1.35 bits per heavy atom. The third-order valence-corrected chi connectivity index (χ3v) is 5.66.